The maximum atomic E-state index is 14.3. The van der Waals surface area contributed by atoms with Crippen molar-refractivity contribution < 1.29 is 14.3 Å². The number of hydrogen-bond acceptors (Lipinski definition) is 5. The van der Waals surface area contributed by atoms with Gasteiger partial charge in [0, 0.05) is 30.1 Å². The van der Waals surface area contributed by atoms with Crippen molar-refractivity contribution in [1.29, 1.82) is 0 Å². The van der Waals surface area contributed by atoms with E-state index in [0.29, 0.717) is 17.0 Å². The molecule has 7 heteroatoms. The Hall–Kier alpha value is -2.70. The monoisotopic (exact) mass is 537 g/mol. The van der Waals surface area contributed by atoms with Gasteiger partial charge in [-0.05, 0) is 99.8 Å². The molecule has 38 heavy (non-hydrogen) atoms. The highest BCUT2D eigenvalue weighted by Crippen LogP contribution is 2.40. The second-order valence-electron chi connectivity index (χ2n) is 11.2. The van der Waals surface area contributed by atoms with Crippen LogP contribution in [0.15, 0.2) is 36.5 Å². The molecule has 202 valence electrons. The Bertz CT molecular complexity index is 1290. The molecule has 3 aromatic rings. The van der Waals surface area contributed by atoms with Crippen LogP contribution in [-0.2, 0) is 0 Å². The van der Waals surface area contributed by atoms with Gasteiger partial charge in [0.05, 0.1) is 21.8 Å². The van der Waals surface area contributed by atoms with Crippen molar-refractivity contribution in [3.8, 4) is 16.9 Å². The molecule has 0 aliphatic heterocycles. The van der Waals surface area contributed by atoms with Gasteiger partial charge in [0.2, 0.25) is 0 Å². The zero-order chi connectivity index (χ0) is 26.8. The van der Waals surface area contributed by atoms with Gasteiger partial charge in [0.1, 0.15) is 0 Å². The molecule has 2 aromatic carbocycles. The molecule has 0 spiro atoms. The Morgan fingerprint density at radius 1 is 1.13 bits per heavy atom. The smallest absolute Gasteiger partial charge is 0.170 e. The topological polar surface area (TPSA) is 65.5 Å². The molecule has 0 unspecified atom stereocenters. The quantitative estimate of drug-likeness (QED) is 0.259. The number of nitrogens with one attached hydrogen (secondary N) is 1. The zero-order valence-electron chi connectivity index (χ0n) is 22.3. The number of ketones is 1. The number of phenolic OH excluding ortho intramolecular Hbond substituents is 1. The fraction of sp³-hybridized carbons (Fsp3) is 0.484. The number of Topliss-reactive ketones (excluding diaryl/α,β-unsaturated/α-hetero) is 1. The Kier molecular flexibility index (Phi) is 8.20. The number of aromatic hydroxyl groups is 1. The lowest BCUT2D eigenvalue weighted by Gasteiger charge is -2.32. The van der Waals surface area contributed by atoms with Gasteiger partial charge in [0.15, 0.2) is 17.3 Å². The van der Waals surface area contributed by atoms with Crippen LogP contribution in [0.25, 0.3) is 22.0 Å². The molecule has 0 saturated heterocycles. The number of halogens is 2. The molecule has 1 aromatic heterocycles. The maximum Gasteiger partial charge on any atom is 0.170 e. The van der Waals surface area contributed by atoms with E-state index in [4.69, 9.17) is 11.6 Å². The summed E-state index contributed by atoms with van der Waals surface area (Å²) < 4.78 is 14.3. The van der Waals surface area contributed by atoms with E-state index in [1.54, 1.807) is 12.3 Å². The summed E-state index contributed by atoms with van der Waals surface area (Å²) in [5, 5.41) is 14.3. The molecule has 0 atom stereocenters. The number of rotatable bonds is 10. The van der Waals surface area contributed by atoms with Crippen LogP contribution in [0.2, 0.25) is 5.02 Å². The highest BCUT2D eigenvalue weighted by molar-refractivity contribution is 6.32. The van der Waals surface area contributed by atoms with Gasteiger partial charge in [-0.1, -0.05) is 31.0 Å². The van der Waals surface area contributed by atoms with E-state index in [-0.39, 0.29) is 22.8 Å². The first-order valence-corrected chi connectivity index (χ1v) is 14.3. The average molecular weight is 538 g/mol. The number of aromatic nitrogens is 1. The number of fused-ring (bicyclic) bond motifs is 1. The second kappa shape index (κ2) is 11.6. The summed E-state index contributed by atoms with van der Waals surface area (Å²) >= 11 is 6.06. The standard InChI is InChI=1S/C31H37ClFN3O2/c1-3-4-13-36(2)18-19-5-10-23(11-6-19)35-29-24-14-21(22-15-26(32)31(38)27(33)16-22)9-12-28(24)34-17-25(29)30(37)20-7-8-20/h9,12,14-17,19-20,23,38H,3-8,10-11,13,18H2,1-2H3,(H,34,35). The number of carbonyl (C=O) groups is 1. The summed E-state index contributed by atoms with van der Waals surface area (Å²) in [5.74, 6) is -0.379. The third-order valence-electron chi connectivity index (χ3n) is 8.09. The third kappa shape index (κ3) is 5.97. The van der Waals surface area contributed by atoms with E-state index in [1.807, 2.05) is 18.2 Å². The third-order valence-corrected chi connectivity index (χ3v) is 8.38. The molecular weight excluding hydrogens is 501 g/mol. The number of anilines is 1. The summed E-state index contributed by atoms with van der Waals surface area (Å²) in [6.07, 6.45) is 10.5. The summed E-state index contributed by atoms with van der Waals surface area (Å²) in [6.45, 7) is 4.53. The lowest BCUT2D eigenvalue weighted by molar-refractivity contribution is 0.0968. The van der Waals surface area contributed by atoms with E-state index in [2.05, 4.69) is 29.2 Å². The molecule has 2 aliphatic carbocycles. The number of carbonyl (C=O) groups excluding carboxylic acids is 1. The lowest BCUT2D eigenvalue weighted by Crippen LogP contribution is -2.33. The first kappa shape index (κ1) is 26.9. The van der Waals surface area contributed by atoms with Gasteiger partial charge in [-0.15, -0.1) is 0 Å². The van der Waals surface area contributed by atoms with Crippen LogP contribution in [0.5, 0.6) is 5.75 Å². The van der Waals surface area contributed by atoms with Crippen molar-refractivity contribution in [3.63, 3.8) is 0 Å². The minimum atomic E-state index is -0.765. The Morgan fingerprint density at radius 3 is 2.58 bits per heavy atom. The van der Waals surface area contributed by atoms with Crippen molar-refractivity contribution in [2.75, 3.05) is 25.5 Å². The van der Waals surface area contributed by atoms with E-state index >= 15 is 0 Å². The average Bonchev–Trinajstić information content (AvgIpc) is 3.76. The Morgan fingerprint density at radius 2 is 1.89 bits per heavy atom. The van der Waals surface area contributed by atoms with Crippen LogP contribution in [0.3, 0.4) is 0 Å². The molecule has 2 saturated carbocycles. The van der Waals surface area contributed by atoms with E-state index in [9.17, 15) is 14.3 Å². The van der Waals surface area contributed by atoms with Gasteiger partial charge in [-0.25, -0.2) is 4.39 Å². The van der Waals surface area contributed by atoms with Gasteiger partial charge in [0.25, 0.3) is 0 Å². The van der Waals surface area contributed by atoms with Gasteiger partial charge in [-0.3, -0.25) is 9.78 Å². The molecule has 2 fully saturated rings. The molecule has 0 radical (unpaired) electrons. The molecule has 5 rings (SSSR count). The van der Waals surface area contributed by atoms with E-state index < -0.39 is 11.6 Å². The predicted octanol–water partition coefficient (Wildman–Crippen LogP) is 7.70. The number of hydrogen-bond donors (Lipinski definition) is 2. The number of nitrogens with zero attached hydrogens (tertiary/aromatic N) is 2. The van der Waals surface area contributed by atoms with E-state index in [0.717, 1.165) is 60.9 Å². The number of pyridine rings is 1. The van der Waals surface area contributed by atoms with Crippen LogP contribution in [0.1, 0.15) is 68.6 Å². The van der Waals surface area contributed by atoms with E-state index in [1.165, 1.54) is 31.7 Å². The summed E-state index contributed by atoms with van der Waals surface area (Å²) in [5.41, 5.74) is 3.57. The number of benzene rings is 2. The molecule has 1 heterocycles. The molecule has 0 amide bonds. The zero-order valence-corrected chi connectivity index (χ0v) is 23.0. The normalized spacial score (nSPS) is 19.7. The highest BCUT2D eigenvalue weighted by Gasteiger charge is 2.33. The molecule has 2 aliphatic rings. The second-order valence-corrected chi connectivity index (χ2v) is 11.6. The molecule has 2 N–H and O–H groups in total. The minimum absolute atomic E-state index is 0.0358. The van der Waals surface area contributed by atoms with Crippen LogP contribution in [0, 0.1) is 17.7 Å². The molecule has 5 nitrogen and oxygen atoms in total. The van der Waals surface area contributed by atoms with Gasteiger partial charge >= 0.3 is 0 Å². The first-order valence-electron chi connectivity index (χ1n) is 13.9. The summed E-state index contributed by atoms with van der Waals surface area (Å²) in [4.78, 5) is 20.3. The fourth-order valence-electron chi connectivity index (χ4n) is 5.67. The number of phenols is 1. The van der Waals surface area contributed by atoms with Crippen molar-refractivity contribution in [1.82, 2.24) is 9.88 Å². The number of unbranched alkanes of at least 4 members (excludes halogenated alkanes) is 1. The summed E-state index contributed by atoms with van der Waals surface area (Å²) in [7, 11) is 2.23. The Balaban J connectivity index is 1.43. The summed E-state index contributed by atoms with van der Waals surface area (Å²) in [6, 6.07) is 8.82. The van der Waals surface area contributed by atoms with Gasteiger partial charge in [-0.2, -0.15) is 0 Å². The first-order chi connectivity index (χ1) is 18.3. The lowest BCUT2D eigenvalue weighted by atomic mass is 9.85. The maximum absolute atomic E-state index is 14.3. The van der Waals surface area contributed by atoms with Gasteiger partial charge < -0.3 is 15.3 Å². The van der Waals surface area contributed by atoms with Crippen LogP contribution < -0.4 is 5.32 Å². The van der Waals surface area contributed by atoms with Crippen LogP contribution >= 0.6 is 11.6 Å². The molecular formula is C31H37ClFN3O2. The van der Waals surface area contributed by atoms with Crippen LogP contribution in [-0.4, -0.2) is 47.0 Å². The van der Waals surface area contributed by atoms with Crippen molar-refractivity contribution in [2.45, 2.75) is 64.3 Å². The SMILES string of the molecule is CCCCN(C)CC1CCC(Nc2c(C(=O)C3CC3)cnc3ccc(-c4cc(F)c(O)c(Cl)c4)cc23)CC1. The van der Waals surface area contributed by atoms with Crippen molar-refractivity contribution in [2.24, 2.45) is 11.8 Å². The molecule has 0 bridgehead atoms. The fourth-order valence-corrected chi connectivity index (χ4v) is 5.87. The predicted molar refractivity (Wildman–Crippen MR) is 153 cm³/mol. The minimum Gasteiger partial charge on any atom is -0.504 e. The van der Waals surface area contributed by atoms with Crippen LogP contribution in [0.4, 0.5) is 10.1 Å². The highest BCUT2D eigenvalue weighted by atomic mass is 35.5. The Labute approximate surface area is 229 Å². The van der Waals surface area contributed by atoms with Crippen molar-refractivity contribution in [3.05, 3.63) is 52.9 Å². The largest absolute Gasteiger partial charge is 0.504 e. The van der Waals surface area contributed by atoms with Crippen molar-refractivity contribution >= 4 is 34.0 Å².